The van der Waals surface area contributed by atoms with Crippen LogP contribution in [0.3, 0.4) is 0 Å². The van der Waals surface area contributed by atoms with Gasteiger partial charge in [0.2, 0.25) is 0 Å². The molecule has 3 aromatic carbocycles. The number of anilines is 1. The number of piperidine rings is 1. The lowest BCUT2D eigenvalue weighted by atomic mass is 9.72. The van der Waals surface area contributed by atoms with Gasteiger partial charge in [-0.25, -0.2) is 4.79 Å². The maximum absolute atomic E-state index is 12.7. The number of halogens is 6. The minimum atomic E-state index is -4.90. The number of ether oxygens (including phenoxy) is 3. The molecule has 3 aromatic rings. The zero-order valence-electron chi connectivity index (χ0n) is 23.8. The van der Waals surface area contributed by atoms with E-state index in [1.54, 1.807) is 12.1 Å². The molecule has 4 rings (SSSR count). The quantitative estimate of drug-likeness (QED) is 0.139. The van der Waals surface area contributed by atoms with Crippen molar-refractivity contribution >= 4 is 11.8 Å². The number of carbonyl (C=O) groups excluding carboxylic acids is 1. The van der Waals surface area contributed by atoms with Crippen LogP contribution in [0.2, 0.25) is 0 Å². The smallest absolute Gasteiger partial charge is 0.448 e. The lowest BCUT2D eigenvalue weighted by Gasteiger charge is -2.42. The summed E-state index contributed by atoms with van der Waals surface area (Å²) in [4.78, 5) is 14.0. The van der Waals surface area contributed by atoms with Gasteiger partial charge in [-0.1, -0.05) is 36.4 Å². The van der Waals surface area contributed by atoms with Crippen LogP contribution in [0, 0.1) is 18.3 Å². The van der Waals surface area contributed by atoms with Crippen LogP contribution in [0.25, 0.3) is 0 Å². The molecule has 0 atom stereocenters. The molecule has 7 nitrogen and oxygen atoms in total. The highest BCUT2D eigenvalue weighted by molar-refractivity contribution is 5.84. The van der Waals surface area contributed by atoms with E-state index in [2.05, 4.69) is 25.6 Å². The number of rotatable bonds is 10. The SMILES string of the molecule is C#CCCOC(=O)Nc1ccc(CN2CCC(C(O)(c3ccc(OC(F)(F)F)cc3)c3ccc(OC(F)(F)F)cc3)CC2)cc1. The Bertz CT molecular complexity index is 1380. The molecule has 0 spiro atoms. The fraction of sp³-hybridized carbons (Fsp3) is 0.344. The van der Waals surface area contributed by atoms with E-state index in [0.717, 1.165) is 29.8 Å². The van der Waals surface area contributed by atoms with E-state index in [-0.39, 0.29) is 17.7 Å². The van der Waals surface area contributed by atoms with Crippen molar-refractivity contribution in [3.8, 4) is 23.8 Å². The van der Waals surface area contributed by atoms with E-state index in [1.807, 2.05) is 12.1 Å². The van der Waals surface area contributed by atoms with E-state index in [1.165, 1.54) is 24.3 Å². The van der Waals surface area contributed by atoms with Crippen LogP contribution in [-0.4, -0.2) is 48.5 Å². The molecule has 0 unspecified atom stereocenters. The number of hydrogen-bond acceptors (Lipinski definition) is 6. The molecule has 1 aliphatic heterocycles. The first-order valence-electron chi connectivity index (χ1n) is 13.9. The number of terminal acetylenes is 1. The number of amides is 1. The van der Waals surface area contributed by atoms with Crippen molar-refractivity contribution in [2.75, 3.05) is 25.0 Å². The summed E-state index contributed by atoms with van der Waals surface area (Å²) in [7, 11) is 0. The predicted molar refractivity (Wildman–Crippen MR) is 152 cm³/mol. The third-order valence-corrected chi connectivity index (χ3v) is 7.32. The van der Waals surface area contributed by atoms with Crippen LogP contribution in [-0.2, 0) is 16.9 Å². The fourth-order valence-corrected chi connectivity index (χ4v) is 5.28. The summed E-state index contributed by atoms with van der Waals surface area (Å²) in [5.74, 6) is 1.00. The summed E-state index contributed by atoms with van der Waals surface area (Å²) in [5, 5.41) is 14.8. The van der Waals surface area contributed by atoms with Gasteiger partial charge >= 0.3 is 18.8 Å². The van der Waals surface area contributed by atoms with Crippen LogP contribution in [0.4, 0.5) is 36.8 Å². The van der Waals surface area contributed by atoms with Gasteiger partial charge in [0.15, 0.2) is 0 Å². The van der Waals surface area contributed by atoms with Crippen molar-refractivity contribution in [2.45, 2.75) is 44.1 Å². The minimum absolute atomic E-state index is 0.112. The first-order valence-corrected chi connectivity index (χ1v) is 13.9. The number of likely N-dealkylation sites (tertiary alicyclic amines) is 1. The zero-order chi connectivity index (χ0) is 32.7. The molecule has 0 aromatic heterocycles. The van der Waals surface area contributed by atoms with Crippen LogP contribution < -0.4 is 14.8 Å². The van der Waals surface area contributed by atoms with Crippen molar-refractivity contribution in [3.05, 3.63) is 89.5 Å². The maximum Gasteiger partial charge on any atom is 0.573 e. The van der Waals surface area contributed by atoms with Gasteiger partial charge in [-0.15, -0.1) is 38.7 Å². The number of hydrogen-bond donors (Lipinski definition) is 2. The molecule has 1 heterocycles. The normalized spacial score (nSPS) is 14.8. The van der Waals surface area contributed by atoms with E-state index in [9.17, 15) is 36.2 Å². The van der Waals surface area contributed by atoms with Crippen molar-refractivity contribution < 1.29 is 50.5 Å². The maximum atomic E-state index is 12.7. The van der Waals surface area contributed by atoms with Gasteiger partial charge in [0.25, 0.3) is 0 Å². The van der Waals surface area contributed by atoms with Crippen LogP contribution in [0.15, 0.2) is 72.8 Å². The Balaban J connectivity index is 1.46. The molecule has 0 bridgehead atoms. The first kappa shape index (κ1) is 33.5. The summed E-state index contributed by atoms with van der Waals surface area (Å²) < 4.78 is 89.1. The fourth-order valence-electron chi connectivity index (χ4n) is 5.28. The summed E-state index contributed by atoms with van der Waals surface area (Å²) in [5.41, 5.74) is 0.311. The van der Waals surface area contributed by atoms with Gasteiger partial charge in [0, 0.05) is 18.7 Å². The van der Waals surface area contributed by atoms with Gasteiger partial charge in [0.1, 0.15) is 23.7 Å². The van der Waals surface area contributed by atoms with Gasteiger partial charge in [0.05, 0.1) is 0 Å². The van der Waals surface area contributed by atoms with E-state index < -0.39 is 41.8 Å². The second-order valence-corrected chi connectivity index (χ2v) is 10.4. The topological polar surface area (TPSA) is 80.3 Å². The highest BCUT2D eigenvalue weighted by Gasteiger charge is 2.42. The second-order valence-electron chi connectivity index (χ2n) is 10.4. The predicted octanol–water partition coefficient (Wildman–Crippen LogP) is 7.20. The summed E-state index contributed by atoms with van der Waals surface area (Å²) in [6.45, 7) is 1.80. The van der Waals surface area contributed by atoms with Gasteiger partial charge in [-0.05, 0) is 84.9 Å². The van der Waals surface area contributed by atoms with Gasteiger partial charge in [-0.3, -0.25) is 10.2 Å². The molecule has 2 N–H and O–H groups in total. The molecule has 240 valence electrons. The minimum Gasteiger partial charge on any atom is -0.448 e. The lowest BCUT2D eigenvalue weighted by molar-refractivity contribution is -0.275. The molecule has 45 heavy (non-hydrogen) atoms. The molecular formula is C32H30F6N2O5. The molecular weight excluding hydrogens is 606 g/mol. The molecule has 1 fully saturated rings. The molecule has 0 saturated carbocycles. The lowest BCUT2D eigenvalue weighted by Crippen LogP contribution is -2.44. The highest BCUT2D eigenvalue weighted by atomic mass is 19.4. The molecule has 0 radical (unpaired) electrons. The monoisotopic (exact) mass is 636 g/mol. The third-order valence-electron chi connectivity index (χ3n) is 7.32. The van der Waals surface area contributed by atoms with Crippen LogP contribution in [0.5, 0.6) is 11.5 Å². The number of benzene rings is 3. The summed E-state index contributed by atoms with van der Waals surface area (Å²) in [6.07, 6.45) is -4.01. The Kier molecular flexibility index (Phi) is 10.5. The van der Waals surface area contributed by atoms with Crippen molar-refractivity contribution in [3.63, 3.8) is 0 Å². The zero-order valence-corrected chi connectivity index (χ0v) is 23.8. The molecule has 1 saturated heterocycles. The van der Waals surface area contributed by atoms with Crippen molar-refractivity contribution in [2.24, 2.45) is 5.92 Å². The number of nitrogens with zero attached hydrogens (tertiary/aromatic N) is 1. The van der Waals surface area contributed by atoms with Gasteiger partial charge in [-0.2, -0.15) is 0 Å². The Morgan fingerprint density at radius 2 is 1.33 bits per heavy atom. The number of alkyl halides is 6. The Labute approximate surface area is 255 Å². The number of carbonyl (C=O) groups is 1. The second kappa shape index (κ2) is 14.1. The average molecular weight is 637 g/mol. The van der Waals surface area contributed by atoms with Crippen LogP contribution in [0.1, 0.15) is 36.0 Å². The Morgan fingerprint density at radius 3 is 1.78 bits per heavy atom. The standard InChI is InChI=1S/C32H30F6N2O5/c1-2-3-20-43-29(41)39-26-10-4-22(5-11-26)21-40-18-16-25(17-19-40)30(42,23-6-12-27(13-7-23)44-31(33,34)35)24-8-14-28(15-9-24)45-32(36,37)38/h1,4-15,25,42H,3,16-21H2,(H,39,41). The molecule has 1 amide bonds. The third kappa shape index (κ3) is 9.54. The van der Waals surface area contributed by atoms with Crippen molar-refractivity contribution in [1.29, 1.82) is 0 Å². The van der Waals surface area contributed by atoms with Crippen molar-refractivity contribution in [1.82, 2.24) is 4.90 Å². The summed E-state index contributed by atoms with van der Waals surface area (Å²) in [6, 6.07) is 16.8. The first-order chi connectivity index (χ1) is 21.2. The largest absolute Gasteiger partial charge is 0.573 e. The Hall–Kier alpha value is -4.41. The number of nitrogens with one attached hydrogen (secondary N) is 1. The molecule has 0 aliphatic carbocycles. The highest BCUT2D eigenvalue weighted by Crippen LogP contribution is 2.43. The molecule has 13 heteroatoms. The molecule has 1 aliphatic rings. The van der Waals surface area contributed by atoms with E-state index in [0.29, 0.717) is 44.6 Å². The van der Waals surface area contributed by atoms with Gasteiger partial charge < -0.3 is 19.3 Å². The van der Waals surface area contributed by atoms with E-state index >= 15 is 0 Å². The Morgan fingerprint density at radius 1 is 0.844 bits per heavy atom. The van der Waals surface area contributed by atoms with Crippen LogP contribution >= 0.6 is 0 Å². The summed E-state index contributed by atoms with van der Waals surface area (Å²) >= 11 is 0. The van der Waals surface area contributed by atoms with E-state index in [4.69, 9.17) is 11.2 Å². The number of aliphatic hydroxyl groups is 1. The average Bonchev–Trinajstić information content (AvgIpc) is 2.97.